The van der Waals surface area contributed by atoms with E-state index in [0.717, 1.165) is 26.2 Å². The molecule has 1 amide bonds. The number of piperazine rings is 1. The number of carbonyl (C=O) groups is 1. The average Bonchev–Trinajstić information content (AvgIpc) is 2.69. The highest BCUT2D eigenvalue weighted by Crippen LogP contribution is 2.23. The van der Waals surface area contributed by atoms with Gasteiger partial charge in [-0.3, -0.25) is 4.79 Å². The van der Waals surface area contributed by atoms with Gasteiger partial charge in [0.15, 0.2) is 6.29 Å². The van der Waals surface area contributed by atoms with Crippen molar-refractivity contribution in [2.75, 3.05) is 44.7 Å². The van der Waals surface area contributed by atoms with Gasteiger partial charge in [-0.2, -0.15) is 0 Å². The van der Waals surface area contributed by atoms with E-state index in [2.05, 4.69) is 36.1 Å². The number of amides is 1. The van der Waals surface area contributed by atoms with E-state index < -0.39 is 12.4 Å². The minimum atomic E-state index is -1.17. The highest BCUT2D eigenvalue weighted by molar-refractivity contribution is 5.76. The Labute approximate surface area is 167 Å². The van der Waals surface area contributed by atoms with Crippen LogP contribution in [0.4, 0.5) is 5.69 Å². The maximum atomic E-state index is 12.6. The molecule has 2 fully saturated rings. The summed E-state index contributed by atoms with van der Waals surface area (Å²) >= 11 is 0. The molecule has 2 aliphatic heterocycles. The molecule has 0 saturated carbocycles. The third-order valence-corrected chi connectivity index (χ3v) is 5.91. The number of nitrogens with zero attached hydrogens (tertiary/aromatic N) is 3. The van der Waals surface area contributed by atoms with Crippen LogP contribution in [0.25, 0.3) is 0 Å². The van der Waals surface area contributed by atoms with Gasteiger partial charge in [-0.1, -0.05) is 17.7 Å². The number of aliphatic hydroxyl groups excluding tert-OH is 2. The van der Waals surface area contributed by atoms with Gasteiger partial charge in [-0.05, 0) is 39.4 Å². The second-order valence-corrected chi connectivity index (χ2v) is 8.06. The third kappa shape index (κ3) is 5.03. The average molecular weight is 392 g/mol. The van der Waals surface area contributed by atoms with Crippen molar-refractivity contribution < 1.29 is 19.7 Å². The van der Waals surface area contributed by atoms with E-state index in [1.54, 1.807) is 0 Å². The van der Waals surface area contributed by atoms with Crippen molar-refractivity contribution in [1.29, 1.82) is 0 Å². The third-order valence-electron chi connectivity index (χ3n) is 5.91. The number of ether oxygens (including phenoxy) is 1. The van der Waals surface area contributed by atoms with E-state index in [1.165, 1.54) is 11.3 Å². The lowest BCUT2D eigenvalue weighted by molar-refractivity contribution is -0.231. The Morgan fingerprint density at radius 2 is 1.82 bits per heavy atom. The van der Waals surface area contributed by atoms with Gasteiger partial charge in [0.1, 0.15) is 6.10 Å². The van der Waals surface area contributed by atoms with E-state index in [1.807, 2.05) is 23.8 Å². The van der Waals surface area contributed by atoms with Crippen LogP contribution >= 0.6 is 0 Å². The molecule has 28 heavy (non-hydrogen) atoms. The quantitative estimate of drug-likeness (QED) is 0.774. The standard InChI is InChI=1S/C21H33N3O4/c1-15-4-6-17(7-5-15)23-10-12-24(13-11-23)19(25)8-9-22(3)18-14-16(2)28-21(27)20(18)26/h4-7,16,18,20-21,26-27H,8-14H2,1-3H3/t16-,18+,20-,21?/m1/s1. The largest absolute Gasteiger partial charge is 0.386 e. The summed E-state index contributed by atoms with van der Waals surface area (Å²) in [5, 5.41) is 20.0. The summed E-state index contributed by atoms with van der Waals surface area (Å²) < 4.78 is 5.25. The minimum Gasteiger partial charge on any atom is -0.386 e. The zero-order chi connectivity index (χ0) is 20.3. The molecule has 0 bridgehead atoms. The predicted molar refractivity (Wildman–Crippen MR) is 108 cm³/mol. The summed E-state index contributed by atoms with van der Waals surface area (Å²) in [4.78, 5) is 18.8. The van der Waals surface area contributed by atoms with Gasteiger partial charge >= 0.3 is 0 Å². The Hall–Kier alpha value is -1.67. The Balaban J connectivity index is 1.45. The lowest BCUT2D eigenvalue weighted by atomic mass is 9.99. The van der Waals surface area contributed by atoms with E-state index in [9.17, 15) is 15.0 Å². The molecule has 3 rings (SSSR count). The van der Waals surface area contributed by atoms with Gasteiger partial charge in [0.25, 0.3) is 0 Å². The molecule has 2 heterocycles. The molecule has 0 aromatic heterocycles. The number of hydrogen-bond acceptors (Lipinski definition) is 6. The molecule has 7 nitrogen and oxygen atoms in total. The number of aryl methyl sites for hydroxylation is 1. The van der Waals surface area contributed by atoms with Crippen molar-refractivity contribution in [2.24, 2.45) is 0 Å². The Kier molecular flexibility index (Phi) is 6.93. The highest BCUT2D eigenvalue weighted by atomic mass is 16.6. The van der Waals surface area contributed by atoms with Crippen LogP contribution in [0.2, 0.25) is 0 Å². The first-order valence-electron chi connectivity index (χ1n) is 10.2. The first-order chi connectivity index (χ1) is 13.3. The first-order valence-corrected chi connectivity index (χ1v) is 10.2. The van der Waals surface area contributed by atoms with Gasteiger partial charge in [0, 0.05) is 50.9 Å². The van der Waals surface area contributed by atoms with Gasteiger partial charge in [-0.15, -0.1) is 0 Å². The molecule has 2 aliphatic rings. The fraction of sp³-hybridized carbons (Fsp3) is 0.667. The number of benzene rings is 1. The zero-order valence-corrected chi connectivity index (χ0v) is 17.1. The minimum absolute atomic E-state index is 0.114. The van der Waals surface area contributed by atoms with Crippen LogP contribution in [0.5, 0.6) is 0 Å². The smallest absolute Gasteiger partial charge is 0.223 e. The van der Waals surface area contributed by atoms with Crippen molar-refractivity contribution in [1.82, 2.24) is 9.80 Å². The summed E-state index contributed by atoms with van der Waals surface area (Å²) in [6.07, 6.45) is -1.18. The molecule has 0 aliphatic carbocycles. The predicted octanol–water partition coefficient (Wildman–Crippen LogP) is 0.822. The number of likely N-dealkylation sites (N-methyl/N-ethyl adjacent to an activating group) is 1. The molecule has 4 atom stereocenters. The SMILES string of the molecule is Cc1ccc(N2CCN(C(=O)CCN(C)[C@H]3C[C@@H](C)OC(O)[C@@H]3O)CC2)cc1. The Bertz CT molecular complexity index is 646. The Morgan fingerprint density at radius 3 is 2.46 bits per heavy atom. The molecule has 2 saturated heterocycles. The maximum Gasteiger partial charge on any atom is 0.223 e. The fourth-order valence-electron chi connectivity index (χ4n) is 4.05. The monoisotopic (exact) mass is 391 g/mol. The molecule has 7 heteroatoms. The normalized spacial score (nSPS) is 28.6. The van der Waals surface area contributed by atoms with Gasteiger partial charge < -0.3 is 29.6 Å². The molecule has 1 unspecified atom stereocenters. The summed E-state index contributed by atoms with van der Waals surface area (Å²) in [6, 6.07) is 8.30. The van der Waals surface area contributed by atoms with Crippen molar-refractivity contribution in [2.45, 2.75) is 51.2 Å². The molecule has 1 aromatic carbocycles. The number of hydrogen-bond donors (Lipinski definition) is 2. The van der Waals surface area contributed by atoms with Crippen molar-refractivity contribution in [3.63, 3.8) is 0 Å². The van der Waals surface area contributed by atoms with Crippen LogP contribution < -0.4 is 4.90 Å². The van der Waals surface area contributed by atoms with Gasteiger partial charge in [0.2, 0.25) is 5.91 Å². The lowest BCUT2D eigenvalue weighted by Gasteiger charge is -2.40. The van der Waals surface area contributed by atoms with Crippen LogP contribution in [0.1, 0.15) is 25.3 Å². The Morgan fingerprint density at radius 1 is 1.18 bits per heavy atom. The summed E-state index contributed by atoms with van der Waals surface area (Å²) in [5.41, 5.74) is 2.46. The topological polar surface area (TPSA) is 76.5 Å². The zero-order valence-electron chi connectivity index (χ0n) is 17.1. The molecule has 156 valence electrons. The maximum absolute atomic E-state index is 12.6. The van der Waals surface area contributed by atoms with Crippen molar-refractivity contribution in [3.05, 3.63) is 29.8 Å². The van der Waals surface area contributed by atoms with Crippen LogP contribution in [-0.2, 0) is 9.53 Å². The van der Waals surface area contributed by atoms with Gasteiger partial charge in [-0.25, -0.2) is 0 Å². The molecule has 0 spiro atoms. The second-order valence-electron chi connectivity index (χ2n) is 8.06. The summed E-state index contributed by atoms with van der Waals surface area (Å²) in [7, 11) is 1.89. The highest BCUT2D eigenvalue weighted by Gasteiger charge is 2.37. The van der Waals surface area contributed by atoms with Crippen LogP contribution in [0.3, 0.4) is 0 Å². The number of carbonyl (C=O) groups excluding carboxylic acids is 1. The van der Waals surface area contributed by atoms with Crippen LogP contribution in [0.15, 0.2) is 24.3 Å². The molecular formula is C21H33N3O4. The molecule has 1 aromatic rings. The van der Waals surface area contributed by atoms with E-state index in [-0.39, 0.29) is 18.1 Å². The summed E-state index contributed by atoms with van der Waals surface area (Å²) in [6.45, 7) is 7.66. The van der Waals surface area contributed by atoms with Crippen LogP contribution in [0, 0.1) is 6.92 Å². The number of anilines is 1. The van der Waals surface area contributed by atoms with E-state index in [0.29, 0.717) is 19.4 Å². The molecular weight excluding hydrogens is 358 g/mol. The summed E-state index contributed by atoms with van der Waals surface area (Å²) in [5.74, 6) is 0.144. The van der Waals surface area contributed by atoms with Crippen molar-refractivity contribution >= 4 is 11.6 Å². The number of rotatable bonds is 5. The first kappa shape index (κ1) is 21.0. The molecule has 2 N–H and O–H groups in total. The number of aliphatic hydroxyl groups is 2. The van der Waals surface area contributed by atoms with Crippen LogP contribution in [-0.4, -0.2) is 90.2 Å². The lowest BCUT2D eigenvalue weighted by Crippen LogP contribution is -2.55. The fourth-order valence-corrected chi connectivity index (χ4v) is 4.05. The van der Waals surface area contributed by atoms with Gasteiger partial charge in [0.05, 0.1) is 6.10 Å². The van der Waals surface area contributed by atoms with E-state index in [4.69, 9.17) is 4.74 Å². The second kappa shape index (κ2) is 9.22. The van der Waals surface area contributed by atoms with Crippen molar-refractivity contribution in [3.8, 4) is 0 Å². The van der Waals surface area contributed by atoms with E-state index >= 15 is 0 Å². The molecule has 0 radical (unpaired) electrons.